The van der Waals surface area contributed by atoms with Gasteiger partial charge in [-0.1, -0.05) is 11.6 Å². The van der Waals surface area contributed by atoms with Crippen molar-refractivity contribution in [2.24, 2.45) is 5.73 Å². The van der Waals surface area contributed by atoms with E-state index >= 15 is 0 Å². The molecule has 3 N–H and O–H groups in total. The Labute approximate surface area is 126 Å². The van der Waals surface area contributed by atoms with Gasteiger partial charge in [-0.15, -0.1) is 0 Å². The van der Waals surface area contributed by atoms with Gasteiger partial charge < -0.3 is 15.8 Å². The van der Waals surface area contributed by atoms with E-state index < -0.39 is 11.7 Å². The van der Waals surface area contributed by atoms with E-state index in [0.717, 1.165) is 29.3 Å². The third-order valence-electron chi connectivity index (χ3n) is 3.53. The average Bonchev–Trinajstić information content (AvgIpc) is 3.16. The number of fused-ring (bicyclic) bond motifs is 1. The minimum Gasteiger partial charge on any atom is -0.441 e. The number of nitrogens with one attached hydrogen (secondary N) is 1. The number of aromatic nitrogens is 2. The van der Waals surface area contributed by atoms with E-state index in [0.29, 0.717) is 12.4 Å². The fraction of sp³-hybridized carbons (Fsp3) is 0.357. The summed E-state index contributed by atoms with van der Waals surface area (Å²) in [5, 5.41) is 4.25. The van der Waals surface area contributed by atoms with Crippen LogP contribution in [0.1, 0.15) is 18.4 Å². The monoisotopic (exact) mass is 306 g/mol. The number of halogens is 1. The minimum atomic E-state index is -0.754. The molecule has 2 aromatic rings. The Morgan fingerprint density at radius 1 is 1.48 bits per heavy atom. The van der Waals surface area contributed by atoms with E-state index in [1.54, 1.807) is 0 Å². The molecule has 0 unspecified atom stereocenters. The number of amides is 1. The van der Waals surface area contributed by atoms with Gasteiger partial charge in [-0.05, 0) is 43.5 Å². The van der Waals surface area contributed by atoms with Crippen LogP contribution >= 0.6 is 11.6 Å². The summed E-state index contributed by atoms with van der Waals surface area (Å²) >= 11 is 5.95. The van der Waals surface area contributed by atoms with Gasteiger partial charge in [-0.3, -0.25) is 0 Å². The number of aryl methyl sites for hydroxylation is 1. The highest BCUT2D eigenvalue weighted by molar-refractivity contribution is 6.28. The lowest BCUT2D eigenvalue weighted by molar-refractivity contribution is 0.0985. The van der Waals surface area contributed by atoms with Crippen LogP contribution in [0.3, 0.4) is 0 Å². The van der Waals surface area contributed by atoms with Crippen LogP contribution in [0, 0.1) is 6.92 Å². The first-order valence-corrected chi connectivity index (χ1v) is 7.01. The fourth-order valence-corrected chi connectivity index (χ4v) is 2.44. The van der Waals surface area contributed by atoms with Crippen molar-refractivity contribution >= 4 is 34.4 Å². The summed E-state index contributed by atoms with van der Waals surface area (Å²) < 4.78 is 5.14. The normalized spacial score (nSPS) is 15.7. The highest BCUT2D eigenvalue weighted by atomic mass is 35.5. The van der Waals surface area contributed by atoms with Gasteiger partial charge in [0.1, 0.15) is 11.4 Å². The number of primary amides is 1. The van der Waals surface area contributed by atoms with Gasteiger partial charge in [0.2, 0.25) is 5.28 Å². The summed E-state index contributed by atoms with van der Waals surface area (Å²) in [6.45, 7) is 2.45. The van der Waals surface area contributed by atoms with Gasteiger partial charge in [0.25, 0.3) is 0 Å². The second kappa shape index (κ2) is 5.04. The molecule has 0 bridgehead atoms. The minimum absolute atomic E-state index is 0.175. The fourth-order valence-electron chi connectivity index (χ4n) is 2.26. The van der Waals surface area contributed by atoms with Crippen LogP contribution in [-0.2, 0) is 4.74 Å². The summed E-state index contributed by atoms with van der Waals surface area (Å²) in [4.78, 5) is 19.3. The molecule has 1 saturated carbocycles. The number of rotatable bonds is 4. The summed E-state index contributed by atoms with van der Waals surface area (Å²) in [6.07, 6.45) is 0.827. The molecule has 1 aliphatic carbocycles. The molecule has 110 valence electrons. The highest BCUT2D eigenvalue weighted by Crippen LogP contribution is 2.39. The number of ether oxygens (including phenoxy) is 1. The highest BCUT2D eigenvalue weighted by Gasteiger charge is 2.46. The standard InChI is InChI=1S/C14H15ClN4O2/c1-8-2-3-10-9(6-8)11(19-12(15)18-10)17-7-14(4-5-14)21-13(16)20/h2-3,6H,4-5,7H2,1H3,(H2,16,20)(H,17,18,19). The van der Waals surface area contributed by atoms with Crippen molar-refractivity contribution in [3.8, 4) is 0 Å². The van der Waals surface area contributed by atoms with Gasteiger partial charge in [0.05, 0.1) is 12.1 Å². The summed E-state index contributed by atoms with van der Waals surface area (Å²) in [7, 11) is 0. The number of carbonyl (C=O) groups is 1. The quantitative estimate of drug-likeness (QED) is 0.847. The number of hydrogen-bond donors (Lipinski definition) is 2. The van der Waals surface area contributed by atoms with E-state index in [-0.39, 0.29) is 5.28 Å². The Morgan fingerprint density at radius 2 is 2.24 bits per heavy atom. The molecule has 1 aromatic heterocycles. The molecule has 0 aliphatic heterocycles. The van der Waals surface area contributed by atoms with Crippen LogP contribution in [0.4, 0.5) is 10.6 Å². The maximum absolute atomic E-state index is 10.9. The second-order valence-corrected chi connectivity index (χ2v) is 5.66. The number of hydrogen-bond acceptors (Lipinski definition) is 5. The van der Waals surface area contributed by atoms with E-state index in [9.17, 15) is 4.79 Å². The zero-order chi connectivity index (χ0) is 15.0. The Bertz CT molecular complexity index is 715. The van der Waals surface area contributed by atoms with E-state index in [1.165, 1.54) is 0 Å². The average molecular weight is 307 g/mol. The zero-order valence-corrected chi connectivity index (χ0v) is 12.3. The van der Waals surface area contributed by atoms with Crippen LogP contribution in [0.2, 0.25) is 5.28 Å². The Kier molecular flexibility index (Phi) is 3.33. The van der Waals surface area contributed by atoms with Crippen molar-refractivity contribution in [2.75, 3.05) is 11.9 Å². The van der Waals surface area contributed by atoms with Crippen molar-refractivity contribution in [3.05, 3.63) is 29.0 Å². The molecular formula is C14H15ClN4O2. The number of nitrogens with zero attached hydrogens (tertiary/aromatic N) is 2. The van der Waals surface area contributed by atoms with Gasteiger partial charge >= 0.3 is 6.09 Å². The molecule has 6 nitrogen and oxygen atoms in total. The van der Waals surface area contributed by atoms with Gasteiger partial charge in [-0.25, -0.2) is 14.8 Å². The largest absolute Gasteiger partial charge is 0.441 e. The third kappa shape index (κ3) is 3.00. The first-order valence-electron chi connectivity index (χ1n) is 6.64. The maximum Gasteiger partial charge on any atom is 0.405 e. The molecule has 1 aliphatic rings. The van der Waals surface area contributed by atoms with E-state index in [1.807, 2.05) is 25.1 Å². The van der Waals surface area contributed by atoms with Crippen LogP contribution in [0.5, 0.6) is 0 Å². The predicted octanol–water partition coefficient (Wildman–Crippen LogP) is 2.63. The van der Waals surface area contributed by atoms with Crippen molar-refractivity contribution in [1.29, 1.82) is 0 Å². The first kappa shape index (κ1) is 13.9. The van der Waals surface area contributed by atoms with Gasteiger partial charge in [-0.2, -0.15) is 0 Å². The topological polar surface area (TPSA) is 90.1 Å². The van der Waals surface area contributed by atoms with Crippen molar-refractivity contribution in [1.82, 2.24) is 9.97 Å². The molecule has 0 spiro atoms. The second-order valence-electron chi connectivity index (χ2n) is 5.32. The lowest BCUT2D eigenvalue weighted by atomic mass is 10.1. The Hall–Kier alpha value is -2.08. The number of nitrogens with two attached hydrogens (primary N) is 1. The summed E-state index contributed by atoms with van der Waals surface area (Å²) in [5.41, 5.74) is 6.44. The molecule has 1 aromatic carbocycles. The van der Waals surface area contributed by atoms with Crippen LogP contribution in [0.15, 0.2) is 18.2 Å². The molecule has 1 amide bonds. The summed E-state index contributed by atoms with van der Waals surface area (Å²) in [6, 6.07) is 5.85. The first-order chi connectivity index (χ1) is 9.97. The molecule has 1 fully saturated rings. The lowest BCUT2D eigenvalue weighted by Crippen LogP contribution is -2.31. The molecule has 0 radical (unpaired) electrons. The molecule has 0 atom stereocenters. The third-order valence-corrected chi connectivity index (χ3v) is 3.70. The molecule has 1 heterocycles. The predicted molar refractivity (Wildman–Crippen MR) is 80.4 cm³/mol. The number of carbonyl (C=O) groups excluding carboxylic acids is 1. The van der Waals surface area contributed by atoms with Gasteiger partial charge in [0.15, 0.2) is 0 Å². The number of anilines is 1. The summed E-state index contributed by atoms with van der Waals surface area (Å²) in [5.74, 6) is 0.632. The SMILES string of the molecule is Cc1ccc2nc(Cl)nc(NCC3(OC(N)=O)CC3)c2c1. The van der Waals surface area contributed by atoms with Gasteiger partial charge in [0, 0.05) is 5.39 Å². The smallest absolute Gasteiger partial charge is 0.405 e. The van der Waals surface area contributed by atoms with Crippen LogP contribution < -0.4 is 11.1 Å². The Balaban J connectivity index is 1.86. The molecular weight excluding hydrogens is 292 g/mol. The maximum atomic E-state index is 10.9. The van der Waals surface area contributed by atoms with Crippen LogP contribution in [-0.4, -0.2) is 28.2 Å². The Morgan fingerprint density at radius 3 is 2.90 bits per heavy atom. The molecule has 3 rings (SSSR count). The van der Waals surface area contributed by atoms with E-state index in [2.05, 4.69) is 15.3 Å². The van der Waals surface area contributed by atoms with E-state index in [4.69, 9.17) is 22.1 Å². The van der Waals surface area contributed by atoms with Crippen molar-refractivity contribution < 1.29 is 9.53 Å². The number of benzene rings is 1. The van der Waals surface area contributed by atoms with Crippen molar-refractivity contribution in [2.45, 2.75) is 25.4 Å². The molecule has 7 heteroatoms. The zero-order valence-electron chi connectivity index (χ0n) is 11.5. The van der Waals surface area contributed by atoms with Crippen LogP contribution in [0.25, 0.3) is 10.9 Å². The molecule has 21 heavy (non-hydrogen) atoms. The molecule has 0 saturated heterocycles. The lowest BCUT2D eigenvalue weighted by Gasteiger charge is -2.17. The van der Waals surface area contributed by atoms with Crippen molar-refractivity contribution in [3.63, 3.8) is 0 Å².